The summed E-state index contributed by atoms with van der Waals surface area (Å²) in [6, 6.07) is 5.61. The van der Waals surface area contributed by atoms with E-state index in [2.05, 4.69) is 10.3 Å². The molecule has 1 heterocycles. The number of pyridine rings is 1. The second-order valence-corrected chi connectivity index (χ2v) is 2.81. The van der Waals surface area contributed by atoms with Gasteiger partial charge in [0.1, 0.15) is 0 Å². The number of hydrogen-bond acceptors (Lipinski definition) is 3. The molecule has 74 valence electrons. The summed E-state index contributed by atoms with van der Waals surface area (Å²) >= 11 is 0. The highest BCUT2D eigenvalue weighted by Gasteiger charge is 2.01. The van der Waals surface area contributed by atoms with Gasteiger partial charge in [-0.2, -0.15) is 0 Å². The van der Waals surface area contributed by atoms with Gasteiger partial charge in [-0.25, -0.2) is 4.79 Å². The van der Waals surface area contributed by atoms with Crippen molar-refractivity contribution in [3.63, 3.8) is 0 Å². The molecule has 0 bridgehead atoms. The fourth-order valence-corrected chi connectivity index (χ4v) is 0.981. The smallest absolute Gasteiger partial charge is 0.329 e. The summed E-state index contributed by atoms with van der Waals surface area (Å²) in [7, 11) is 0. The predicted molar refractivity (Wildman–Crippen MR) is 52.6 cm³/mol. The van der Waals surface area contributed by atoms with Crippen LogP contribution in [0.25, 0.3) is 0 Å². The summed E-state index contributed by atoms with van der Waals surface area (Å²) in [5, 5.41) is 11.3. The summed E-state index contributed by atoms with van der Waals surface area (Å²) in [4.78, 5) is 14.3. The molecule has 0 aromatic carbocycles. The minimum atomic E-state index is -0.967. The quantitative estimate of drug-likeness (QED) is 0.706. The van der Waals surface area contributed by atoms with E-state index in [1.54, 1.807) is 6.20 Å². The predicted octanol–water partition coefficient (Wildman–Crippen LogP) is 1.33. The van der Waals surface area contributed by atoms with Crippen molar-refractivity contribution in [1.29, 1.82) is 0 Å². The van der Waals surface area contributed by atoms with E-state index in [-0.39, 0.29) is 6.04 Å². The molecule has 2 N–H and O–H groups in total. The molecule has 4 nitrogen and oxygen atoms in total. The lowest BCUT2D eigenvalue weighted by molar-refractivity contribution is -0.131. The van der Waals surface area contributed by atoms with Crippen LogP contribution in [0.1, 0.15) is 18.7 Å². The monoisotopic (exact) mass is 192 g/mol. The van der Waals surface area contributed by atoms with Crippen molar-refractivity contribution in [3.05, 3.63) is 42.4 Å². The van der Waals surface area contributed by atoms with Crippen LogP contribution in [0.3, 0.4) is 0 Å². The molecule has 0 unspecified atom stereocenters. The number of nitrogens with one attached hydrogen (secondary N) is 1. The zero-order valence-electron chi connectivity index (χ0n) is 7.84. The fraction of sp³-hybridized carbons (Fsp3) is 0.200. The molecule has 0 spiro atoms. The van der Waals surface area contributed by atoms with Crippen molar-refractivity contribution < 1.29 is 9.90 Å². The van der Waals surface area contributed by atoms with Crippen LogP contribution < -0.4 is 5.32 Å². The highest BCUT2D eigenvalue weighted by molar-refractivity contribution is 5.79. The van der Waals surface area contributed by atoms with Crippen molar-refractivity contribution in [2.24, 2.45) is 0 Å². The molecule has 0 fully saturated rings. The number of carboxylic acids is 1. The first-order valence-corrected chi connectivity index (χ1v) is 4.26. The van der Waals surface area contributed by atoms with Crippen LogP contribution in [-0.4, -0.2) is 16.1 Å². The van der Waals surface area contributed by atoms with Crippen LogP contribution in [0.4, 0.5) is 0 Å². The number of carbonyl (C=O) groups is 1. The molecule has 0 amide bonds. The van der Waals surface area contributed by atoms with Crippen LogP contribution in [0.5, 0.6) is 0 Å². The van der Waals surface area contributed by atoms with Crippen LogP contribution in [0.2, 0.25) is 0 Å². The summed E-state index contributed by atoms with van der Waals surface area (Å²) in [5.41, 5.74) is 0.877. The van der Waals surface area contributed by atoms with Crippen molar-refractivity contribution in [2.75, 3.05) is 0 Å². The average Bonchev–Trinajstić information content (AvgIpc) is 2.18. The molecule has 0 aliphatic carbocycles. The SMILES string of the molecule is C[C@@H](N/C=C/C(=O)O)c1ccccn1. The maximum Gasteiger partial charge on any atom is 0.329 e. The molecule has 14 heavy (non-hydrogen) atoms. The maximum atomic E-state index is 10.2. The normalized spacial score (nSPS) is 12.6. The second kappa shape index (κ2) is 5.01. The molecular weight excluding hydrogens is 180 g/mol. The number of aromatic nitrogens is 1. The van der Waals surface area contributed by atoms with Gasteiger partial charge in [0.05, 0.1) is 11.7 Å². The van der Waals surface area contributed by atoms with Crippen molar-refractivity contribution in [1.82, 2.24) is 10.3 Å². The largest absolute Gasteiger partial charge is 0.478 e. The van der Waals surface area contributed by atoms with Gasteiger partial charge in [-0.1, -0.05) is 6.07 Å². The first-order valence-electron chi connectivity index (χ1n) is 4.26. The molecule has 0 saturated heterocycles. The molecule has 0 aliphatic rings. The Balaban J connectivity index is 2.51. The van der Waals surface area contributed by atoms with E-state index in [1.807, 2.05) is 25.1 Å². The Hall–Kier alpha value is -1.84. The van der Waals surface area contributed by atoms with Gasteiger partial charge in [0.15, 0.2) is 0 Å². The van der Waals surface area contributed by atoms with Gasteiger partial charge in [-0.3, -0.25) is 4.98 Å². The number of carboxylic acid groups (broad SMARTS) is 1. The van der Waals surface area contributed by atoms with Crippen molar-refractivity contribution in [2.45, 2.75) is 13.0 Å². The Morgan fingerprint density at radius 1 is 1.64 bits per heavy atom. The number of nitrogens with zero attached hydrogens (tertiary/aromatic N) is 1. The van der Waals surface area contributed by atoms with Gasteiger partial charge in [-0.15, -0.1) is 0 Å². The Kier molecular flexibility index (Phi) is 3.67. The van der Waals surface area contributed by atoms with Gasteiger partial charge in [-0.05, 0) is 19.1 Å². The van der Waals surface area contributed by atoms with Crippen LogP contribution >= 0.6 is 0 Å². The Morgan fingerprint density at radius 2 is 2.43 bits per heavy atom. The van der Waals surface area contributed by atoms with Crippen LogP contribution in [-0.2, 0) is 4.79 Å². The zero-order chi connectivity index (χ0) is 10.4. The van der Waals surface area contributed by atoms with E-state index >= 15 is 0 Å². The standard InChI is InChI=1S/C10H12N2O2/c1-8(11-7-5-10(13)14)9-4-2-3-6-12-9/h2-8,11H,1H3,(H,13,14)/b7-5+/t8-/m1/s1. The lowest BCUT2D eigenvalue weighted by Crippen LogP contribution is -2.13. The van der Waals surface area contributed by atoms with E-state index < -0.39 is 5.97 Å². The Bertz CT molecular complexity index is 322. The van der Waals surface area contributed by atoms with E-state index in [1.165, 1.54) is 6.20 Å². The Labute approximate surface area is 82.3 Å². The summed E-state index contributed by atoms with van der Waals surface area (Å²) in [5.74, 6) is -0.967. The molecule has 1 rings (SSSR count). The maximum absolute atomic E-state index is 10.2. The number of aliphatic carboxylic acids is 1. The summed E-state index contributed by atoms with van der Waals surface area (Å²) < 4.78 is 0. The van der Waals surface area contributed by atoms with Crippen molar-refractivity contribution in [3.8, 4) is 0 Å². The third kappa shape index (κ3) is 3.26. The van der Waals surface area contributed by atoms with Gasteiger partial charge in [0.2, 0.25) is 0 Å². The van der Waals surface area contributed by atoms with E-state index in [0.29, 0.717) is 0 Å². The van der Waals surface area contributed by atoms with E-state index in [9.17, 15) is 4.79 Å². The molecule has 0 aliphatic heterocycles. The third-order valence-electron chi connectivity index (χ3n) is 1.70. The fourth-order valence-electron chi connectivity index (χ4n) is 0.981. The molecule has 1 aromatic heterocycles. The summed E-state index contributed by atoms with van der Waals surface area (Å²) in [6.45, 7) is 1.91. The van der Waals surface area contributed by atoms with Crippen LogP contribution in [0, 0.1) is 0 Å². The topological polar surface area (TPSA) is 62.2 Å². The highest BCUT2D eigenvalue weighted by atomic mass is 16.4. The molecule has 0 saturated carbocycles. The third-order valence-corrected chi connectivity index (χ3v) is 1.70. The van der Waals surface area contributed by atoms with Gasteiger partial charge >= 0.3 is 5.97 Å². The Morgan fingerprint density at radius 3 is 3.00 bits per heavy atom. The minimum Gasteiger partial charge on any atom is -0.478 e. The zero-order valence-corrected chi connectivity index (χ0v) is 7.84. The molecular formula is C10H12N2O2. The minimum absolute atomic E-state index is 0.00630. The molecule has 4 heteroatoms. The molecule has 1 atom stereocenters. The first kappa shape index (κ1) is 10.2. The van der Waals surface area contributed by atoms with Crippen LogP contribution in [0.15, 0.2) is 36.7 Å². The van der Waals surface area contributed by atoms with Crippen molar-refractivity contribution >= 4 is 5.97 Å². The molecule has 0 radical (unpaired) electrons. The van der Waals surface area contributed by atoms with E-state index in [0.717, 1.165) is 11.8 Å². The summed E-state index contributed by atoms with van der Waals surface area (Å²) in [6.07, 6.45) is 4.16. The first-order chi connectivity index (χ1) is 6.70. The van der Waals surface area contributed by atoms with Gasteiger partial charge in [0.25, 0.3) is 0 Å². The number of hydrogen-bond donors (Lipinski definition) is 2. The lowest BCUT2D eigenvalue weighted by Gasteiger charge is -2.09. The highest BCUT2D eigenvalue weighted by Crippen LogP contribution is 2.06. The van der Waals surface area contributed by atoms with Gasteiger partial charge < -0.3 is 10.4 Å². The number of rotatable bonds is 4. The molecule has 1 aromatic rings. The van der Waals surface area contributed by atoms with E-state index in [4.69, 9.17) is 5.11 Å². The lowest BCUT2D eigenvalue weighted by atomic mass is 10.2. The second-order valence-electron chi connectivity index (χ2n) is 2.81. The average molecular weight is 192 g/mol. The van der Waals surface area contributed by atoms with Gasteiger partial charge in [0, 0.05) is 18.5 Å².